The minimum absolute atomic E-state index is 0.0562. The summed E-state index contributed by atoms with van der Waals surface area (Å²) in [5.74, 6) is -1.73. The average Bonchev–Trinajstić information content (AvgIpc) is 2.93. The van der Waals surface area contributed by atoms with Gasteiger partial charge in [-0.15, -0.1) is 3.97 Å². The van der Waals surface area contributed by atoms with E-state index in [2.05, 4.69) is 16.0 Å². The van der Waals surface area contributed by atoms with Gasteiger partial charge in [0.05, 0.1) is 57.8 Å². The summed E-state index contributed by atoms with van der Waals surface area (Å²) >= 11 is -1.98. The number of aromatic nitrogens is 1. The number of carboxylic acids is 1. The molecule has 1 atom stereocenters. The van der Waals surface area contributed by atoms with Crippen LogP contribution in [-0.2, 0) is 30.4 Å². The summed E-state index contributed by atoms with van der Waals surface area (Å²) in [4.78, 5) is 47.8. The number of nitrogens with zero attached hydrogens (tertiary/aromatic N) is 1. The third-order valence-electron chi connectivity index (χ3n) is 5.01. The standard InChI is InChI=1S/C25H34N4O9S/c1-26-8-9-27-24(33)19-3-2-4-21(17-19)39(35)29-18-20(5-6-22(29)30)25(34)28-10-12-37-14-16-38-15-13-36-11-7-23(31)32/h2-6,17-18,26H,7-16H2,1H3,(H,27,33)(H,28,34)(H,31,32). The molecule has 0 fully saturated rings. The molecular weight excluding hydrogens is 532 g/mol. The van der Waals surface area contributed by atoms with Crippen molar-refractivity contribution in [2.75, 3.05) is 66.3 Å². The van der Waals surface area contributed by atoms with Gasteiger partial charge in [-0.05, 0) is 25.2 Å². The molecule has 13 nitrogen and oxygen atoms in total. The quantitative estimate of drug-likeness (QED) is 0.129. The molecule has 0 radical (unpaired) electrons. The highest BCUT2D eigenvalue weighted by Gasteiger charge is 2.20. The summed E-state index contributed by atoms with van der Waals surface area (Å²) < 4.78 is 29.8. The van der Waals surface area contributed by atoms with Crippen LogP contribution >= 0.6 is 0 Å². The summed E-state index contributed by atoms with van der Waals surface area (Å²) in [5, 5.41) is 16.8. The van der Waals surface area contributed by atoms with E-state index in [0.717, 1.165) is 10.0 Å². The van der Waals surface area contributed by atoms with Gasteiger partial charge in [0, 0.05) is 37.3 Å². The van der Waals surface area contributed by atoms with Crippen LogP contribution in [0.15, 0.2) is 52.3 Å². The van der Waals surface area contributed by atoms with E-state index in [-0.39, 0.29) is 49.2 Å². The Morgan fingerprint density at radius 1 is 0.872 bits per heavy atom. The van der Waals surface area contributed by atoms with Crippen LogP contribution in [0.25, 0.3) is 0 Å². The maximum absolute atomic E-state index is 13.1. The van der Waals surface area contributed by atoms with Crippen LogP contribution in [0.3, 0.4) is 0 Å². The first-order valence-corrected chi connectivity index (χ1v) is 13.3. The number of rotatable bonds is 19. The molecule has 2 rings (SSSR count). The van der Waals surface area contributed by atoms with Gasteiger partial charge in [-0.2, -0.15) is 0 Å². The van der Waals surface area contributed by atoms with E-state index in [9.17, 15) is 23.7 Å². The molecule has 0 saturated heterocycles. The van der Waals surface area contributed by atoms with E-state index in [1.807, 2.05) is 0 Å². The van der Waals surface area contributed by atoms with E-state index in [4.69, 9.17) is 19.3 Å². The van der Waals surface area contributed by atoms with E-state index in [1.165, 1.54) is 24.4 Å². The lowest BCUT2D eigenvalue weighted by atomic mass is 10.2. The van der Waals surface area contributed by atoms with Crippen molar-refractivity contribution in [2.45, 2.75) is 11.3 Å². The molecule has 1 unspecified atom stereocenters. The molecule has 1 aromatic heterocycles. The number of nitrogens with one attached hydrogen (secondary N) is 3. The monoisotopic (exact) mass is 566 g/mol. The van der Waals surface area contributed by atoms with Crippen molar-refractivity contribution < 1.29 is 38.3 Å². The fraction of sp³-hybridized carbons (Fsp3) is 0.440. The highest BCUT2D eigenvalue weighted by Crippen LogP contribution is 2.15. The highest BCUT2D eigenvalue weighted by molar-refractivity contribution is 7.90. The van der Waals surface area contributed by atoms with Crippen LogP contribution in [0.2, 0.25) is 0 Å². The van der Waals surface area contributed by atoms with Gasteiger partial charge in [0.1, 0.15) is 11.4 Å². The lowest BCUT2D eigenvalue weighted by molar-refractivity contribution is -0.138. The van der Waals surface area contributed by atoms with Crippen molar-refractivity contribution in [1.82, 2.24) is 19.9 Å². The third-order valence-corrected chi connectivity index (χ3v) is 6.31. The zero-order valence-corrected chi connectivity index (χ0v) is 22.5. The molecule has 0 aliphatic heterocycles. The molecule has 0 aliphatic carbocycles. The Labute approximate surface area is 229 Å². The molecule has 214 valence electrons. The number of aliphatic carboxylic acids is 1. The molecule has 0 aliphatic rings. The lowest BCUT2D eigenvalue weighted by Crippen LogP contribution is -2.32. The fourth-order valence-electron chi connectivity index (χ4n) is 3.03. The maximum Gasteiger partial charge on any atom is 0.305 e. The number of likely N-dealkylation sites (N-methyl/N-ethyl adjacent to an activating group) is 1. The molecule has 1 heterocycles. The first-order chi connectivity index (χ1) is 18.8. The van der Waals surface area contributed by atoms with Crippen molar-refractivity contribution in [3.63, 3.8) is 0 Å². The molecule has 0 saturated carbocycles. The van der Waals surface area contributed by atoms with Gasteiger partial charge in [0.2, 0.25) is 0 Å². The molecular formula is C25H34N4O9S. The van der Waals surface area contributed by atoms with Gasteiger partial charge in [-0.1, -0.05) is 6.07 Å². The summed E-state index contributed by atoms with van der Waals surface area (Å²) in [6, 6.07) is 8.62. The van der Waals surface area contributed by atoms with Crippen LogP contribution in [0, 0.1) is 0 Å². The molecule has 39 heavy (non-hydrogen) atoms. The van der Waals surface area contributed by atoms with Crippen molar-refractivity contribution >= 4 is 29.1 Å². The van der Waals surface area contributed by atoms with Crippen LogP contribution in [0.4, 0.5) is 0 Å². The predicted molar refractivity (Wildman–Crippen MR) is 142 cm³/mol. The van der Waals surface area contributed by atoms with Gasteiger partial charge >= 0.3 is 5.97 Å². The summed E-state index contributed by atoms with van der Waals surface area (Å²) in [5.41, 5.74) is -0.132. The lowest BCUT2D eigenvalue weighted by Gasteiger charge is -2.13. The van der Waals surface area contributed by atoms with Crippen molar-refractivity contribution in [2.24, 2.45) is 0 Å². The summed E-state index contributed by atoms with van der Waals surface area (Å²) in [6.45, 7) is 2.77. The van der Waals surface area contributed by atoms with Crippen molar-refractivity contribution in [3.05, 3.63) is 64.1 Å². The SMILES string of the molecule is CNCCNC(=O)c1cccc([S+]([O-])n2cc(C(=O)NCCOCCOCCOCCC(=O)O)ccc2=O)c1. The predicted octanol–water partition coefficient (Wildman–Crippen LogP) is -0.377. The average molecular weight is 567 g/mol. The zero-order chi connectivity index (χ0) is 28.5. The minimum atomic E-state index is -1.98. The Balaban J connectivity index is 1.79. The smallest absolute Gasteiger partial charge is 0.305 e. The van der Waals surface area contributed by atoms with Crippen LogP contribution in [-0.4, -0.2) is 97.7 Å². The van der Waals surface area contributed by atoms with Crippen LogP contribution < -0.4 is 21.5 Å². The first-order valence-electron chi connectivity index (χ1n) is 12.2. The van der Waals surface area contributed by atoms with Gasteiger partial charge in [-0.25, -0.2) is 0 Å². The molecule has 0 spiro atoms. The Kier molecular flexibility index (Phi) is 14.8. The van der Waals surface area contributed by atoms with E-state index < -0.39 is 28.8 Å². The van der Waals surface area contributed by atoms with E-state index in [1.54, 1.807) is 19.2 Å². The number of hydrogen-bond acceptors (Lipinski definition) is 9. The molecule has 4 N–H and O–H groups in total. The number of carboxylic acid groups (broad SMARTS) is 1. The number of ether oxygens (including phenoxy) is 3. The maximum atomic E-state index is 13.1. The van der Waals surface area contributed by atoms with Crippen molar-refractivity contribution in [3.8, 4) is 0 Å². The van der Waals surface area contributed by atoms with Gasteiger partial charge in [-0.3, -0.25) is 19.2 Å². The number of carbonyl (C=O) groups excluding carboxylic acids is 2. The number of benzene rings is 1. The van der Waals surface area contributed by atoms with Crippen LogP contribution in [0.5, 0.6) is 0 Å². The van der Waals surface area contributed by atoms with Gasteiger partial charge in [0.25, 0.3) is 17.4 Å². The fourth-order valence-corrected chi connectivity index (χ4v) is 4.12. The number of amides is 2. The zero-order valence-electron chi connectivity index (χ0n) is 21.7. The molecule has 2 aromatic rings. The topological polar surface area (TPSA) is 180 Å². The molecule has 2 amide bonds. The summed E-state index contributed by atoms with van der Waals surface area (Å²) in [7, 11) is 1.77. The second-order valence-corrected chi connectivity index (χ2v) is 9.32. The van der Waals surface area contributed by atoms with Gasteiger partial charge < -0.3 is 39.8 Å². The molecule has 0 bridgehead atoms. The number of carbonyl (C=O) groups is 3. The third kappa shape index (κ3) is 12.0. The Hall–Kier alpha value is -3.27. The Morgan fingerprint density at radius 3 is 2.21 bits per heavy atom. The first kappa shape index (κ1) is 31.9. The summed E-state index contributed by atoms with van der Waals surface area (Å²) in [6.07, 6.45) is 1.15. The largest absolute Gasteiger partial charge is 0.587 e. The van der Waals surface area contributed by atoms with E-state index in [0.29, 0.717) is 38.5 Å². The highest BCUT2D eigenvalue weighted by atomic mass is 32.2. The normalized spacial score (nSPS) is 11.6. The Bertz CT molecular complexity index is 1130. The molecule has 14 heteroatoms. The van der Waals surface area contributed by atoms with E-state index >= 15 is 0 Å². The second kappa shape index (κ2) is 18.1. The molecule has 1 aromatic carbocycles. The number of pyridine rings is 1. The number of hydrogen-bond donors (Lipinski definition) is 4. The Morgan fingerprint density at radius 2 is 1.51 bits per heavy atom. The van der Waals surface area contributed by atoms with Gasteiger partial charge in [0.15, 0.2) is 4.90 Å². The second-order valence-electron chi connectivity index (χ2n) is 7.96. The minimum Gasteiger partial charge on any atom is -0.587 e. The van der Waals surface area contributed by atoms with Crippen LogP contribution in [0.1, 0.15) is 27.1 Å². The van der Waals surface area contributed by atoms with Crippen molar-refractivity contribution in [1.29, 1.82) is 0 Å².